The molecular formula is C11H15ClN2. The highest BCUT2D eigenvalue weighted by Gasteiger charge is 2.15. The summed E-state index contributed by atoms with van der Waals surface area (Å²) < 4.78 is 0. The van der Waals surface area contributed by atoms with Crippen LogP contribution in [0.15, 0.2) is 18.2 Å². The van der Waals surface area contributed by atoms with Gasteiger partial charge in [-0.15, -0.1) is 11.6 Å². The van der Waals surface area contributed by atoms with Crippen LogP contribution >= 0.6 is 11.6 Å². The minimum atomic E-state index is 0.688. The van der Waals surface area contributed by atoms with Gasteiger partial charge in [-0.05, 0) is 24.6 Å². The molecule has 0 bridgehead atoms. The van der Waals surface area contributed by atoms with Crippen molar-refractivity contribution in [2.24, 2.45) is 0 Å². The molecule has 2 rings (SSSR count). The molecule has 0 aliphatic carbocycles. The molecule has 1 heterocycles. The van der Waals surface area contributed by atoms with Crippen molar-refractivity contribution in [2.75, 3.05) is 35.7 Å². The van der Waals surface area contributed by atoms with Crippen LogP contribution in [0.1, 0.15) is 5.56 Å². The van der Waals surface area contributed by atoms with E-state index in [0.717, 1.165) is 19.6 Å². The third-order valence-electron chi connectivity index (χ3n) is 2.55. The smallest absolute Gasteiger partial charge is 0.0605 e. The Balaban J connectivity index is 2.32. The van der Waals surface area contributed by atoms with Crippen LogP contribution in [-0.4, -0.2) is 25.5 Å². The fourth-order valence-corrected chi connectivity index (χ4v) is 2.04. The van der Waals surface area contributed by atoms with E-state index in [0.29, 0.717) is 5.88 Å². The third kappa shape index (κ3) is 1.80. The number of nitrogens with zero attached hydrogens (tertiary/aromatic N) is 1. The van der Waals surface area contributed by atoms with Crippen LogP contribution in [0.5, 0.6) is 0 Å². The quantitative estimate of drug-likeness (QED) is 0.755. The average Bonchev–Trinajstić information content (AvgIpc) is 2.19. The summed E-state index contributed by atoms with van der Waals surface area (Å²) in [5.41, 5.74) is 3.82. The van der Waals surface area contributed by atoms with E-state index in [-0.39, 0.29) is 0 Å². The number of nitrogens with one attached hydrogen (secondary N) is 1. The van der Waals surface area contributed by atoms with Crippen molar-refractivity contribution in [1.82, 2.24) is 0 Å². The Labute approximate surface area is 89.9 Å². The summed E-state index contributed by atoms with van der Waals surface area (Å²) in [6, 6.07) is 6.50. The summed E-state index contributed by atoms with van der Waals surface area (Å²) in [7, 11) is 0. The summed E-state index contributed by atoms with van der Waals surface area (Å²) in [5.74, 6) is 0.688. The van der Waals surface area contributed by atoms with Gasteiger partial charge in [0.1, 0.15) is 0 Å². The Bertz CT molecular complexity index is 325. The molecule has 1 aromatic carbocycles. The van der Waals surface area contributed by atoms with E-state index >= 15 is 0 Å². The van der Waals surface area contributed by atoms with E-state index in [2.05, 4.69) is 35.3 Å². The molecule has 0 saturated carbocycles. The van der Waals surface area contributed by atoms with Gasteiger partial charge in [-0.1, -0.05) is 6.07 Å². The normalized spacial score (nSPS) is 14.9. The molecule has 1 aliphatic heterocycles. The first kappa shape index (κ1) is 9.66. The molecule has 14 heavy (non-hydrogen) atoms. The van der Waals surface area contributed by atoms with Gasteiger partial charge in [-0.3, -0.25) is 0 Å². The molecule has 3 heteroatoms. The van der Waals surface area contributed by atoms with Gasteiger partial charge in [-0.2, -0.15) is 0 Å². The zero-order valence-corrected chi connectivity index (χ0v) is 9.14. The minimum absolute atomic E-state index is 0.688. The zero-order chi connectivity index (χ0) is 9.97. The number of fused-ring (bicyclic) bond motifs is 1. The predicted octanol–water partition coefficient (Wildman–Crippen LogP) is 2.47. The molecule has 0 amide bonds. The van der Waals surface area contributed by atoms with Crippen molar-refractivity contribution in [3.63, 3.8) is 0 Å². The predicted molar refractivity (Wildman–Crippen MR) is 62.6 cm³/mol. The van der Waals surface area contributed by atoms with Gasteiger partial charge in [0.15, 0.2) is 0 Å². The largest absolute Gasteiger partial charge is 0.382 e. The van der Waals surface area contributed by atoms with Gasteiger partial charge >= 0.3 is 0 Å². The monoisotopic (exact) mass is 210 g/mol. The topological polar surface area (TPSA) is 15.3 Å². The number of alkyl halides is 1. The Morgan fingerprint density at radius 2 is 2.36 bits per heavy atom. The lowest BCUT2D eigenvalue weighted by Gasteiger charge is -2.31. The lowest BCUT2D eigenvalue weighted by Crippen LogP contribution is -2.35. The second-order valence-corrected chi connectivity index (χ2v) is 4.00. The molecule has 2 nitrogen and oxygen atoms in total. The first-order valence-electron chi connectivity index (χ1n) is 4.96. The highest BCUT2D eigenvalue weighted by Crippen LogP contribution is 2.29. The van der Waals surface area contributed by atoms with Crippen molar-refractivity contribution < 1.29 is 0 Å². The van der Waals surface area contributed by atoms with Gasteiger partial charge in [0.05, 0.1) is 11.4 Å². The van der Waals surface area contributed by atoms with Crippen LogP contribution in [0.3, 0.4) is 0 Å². The molecule has 0 unspecified atom stereocenters. The van der Waals surface area contributed by atoms with Crippen LogP contribution in [0.4, 0.5) is 11.4 Å². The van der Waals surface area contributed by atoms with Crippen molar-refractivity contribution in [2.45, 2.75) is 6.92 Å². The van der Waals surface area contributed by atoms with Crippen LogP contribution in [0.25, 0.3) is 0 Å². The minimum Gasteiger partial charge on any atom is -0.382 e. The van der Waals surface area contributed by atoms with Gasteiger partial charge in [0.2, 0.25) is 0 Å². The van der Waals surface area contributed by atoms with E-state index < -0.39 is 0 Å². The molecule has 1 aromatic rings. The summed E-state index contributed by atoms with van der Waals surface area (Å²) in [6.45, 7) is 5.10. The molecule has 0 saturated heterocycles. The van der Waals surface area contributed by atoms with Crippen molar-refractivity contribution in [3.8, 4) is 0 Å². The third-order valence-corrected chi connectivity index (χ3v) is 2.71. The molecule has 0 aromatic heterocycles. The fraction of sp³-hybridized carbons (Fsp3) is 0.455. The van der Waals surface area contributed by atoms with Gasteiger partial charge in [-0.25, -0.2) is 0 Å². The first-order valence-corrected chi connectivity index (χ1v) is 5.50. The highest BCUT2D eigenvalue weighted by molar-refractivity contribution is 6.18. The van der Waals surface area contributed by atoms with E-state index in [1.807, 2.05) is 0 Å². The molecule has 0 radical (unpaired) electrons. The second kappa shape index (κ2) is 4.09. The summed E-state index contributed by atoms with van der Waals surface area (Å²) in [6.07, 6.45) is 0. The number of anilines is 2. The summed E-state index contributed by atoms with van der Waals surface area (Å²) in [4.78, 5) is 2.34. The Hall–Kier alpha value is -0.890. The second-order valence-electron chi connectivity index (χ2n) is 3.62. The number of hydrogen-bond donors (Lipinski definition) is 1. The lowest BCUT2D eigenvalue weighted by molar-refractivity contribution is 0.817. The maximum Gasteiger partial charge on any atom is 0.0605 e. The van der Waals surface area contributed by atoms with Crippen molar-refractivity contribution >= 4 is 23.0 Å². The molecule has 0 spiro atoms. The number of aryl methyl sites for hydroxylation is 1. The number of halogens is 1. The van der Waals surface area contributed by atoms with Gasteiger partial charge in [0, 0.05) is 25.5 Å². The molecule has 1 aliphatic rings. The highest BCUT2D eigenvalue weighted by atomic mass is 35.5. The Kier molecular flexibility index (Phi) is 2.82. The zero-order valence-electron chi connectivity index (χ0n) is 8.39. The van der Waals surface area contributed by atoms with E-state index in [4.69, 9.17) is 11.6 Å². The fourth-order valence-electron chi connectivity index (χ4n) is 1.83. The van der Waals surface area contributed by atoms with Crippen LogP contribution in [0, 0.1) is 6.92 Å². The first-order chi connectivity index (χ1) is 6.81. The number of rotatable bonds is 2. The molecule has 0 fully saturated rings. The molecular weight excluding hydrogens is 196 g/mol. The van der Waals surface area contributed by atoms with Crippen LogP contribution in [-0.2, 0) is 0 Å². The maximum atomic E-state index is 5.78. The van der Waals surface area contributed by atoms with E-state index in [9.17, 15) is 0 Å². The molecule has 0 atom stereocenters. The standard InChI is InChI=1S/C11H15ClN2/c1-9-2-3-10-11(8-9)14(6-4-12)7-5-13-10/h2-3,8,13H,4-7H2,1H3. The SMILES string of the molecule is Cc1ccc2c(c1)N(CCCl)CCN2. The van der Waals surface area contributed by atoms with Gasteiger partial charge in [0.25, 0.3) is 0 Å². The molecule has 76 valence electrons. The van der Waals surface area contributed by atoms with Crippen molar-refractivity contribution in [3.05, 3.63) is 23.8 Å². The summed E-state index contributed by atoms with van der Waals surface area (Å²) in [5, 5.41) is 3.39. The summed E-state index contributed by atoms with van der Waals surface area (Å²) >= 11 is 5.78. The van der Waals surface area contributed by atoms with Gasteiger partial charge < -0.3 is 10.2 Å². The van der Waals surface area contributed by atoms with Crippen molar-refractivity contribution in [1.29, 1.82) is 0 Å². The lowest BCUT2D eigenvalue weighted by atomic mass is 10.1. The Morgan fingerprint density at radius 3 is 3.14 bits per heavy atom. The average molecular weight is 211 g/mol. The number of benzene rings is 1. The number of hydrogen-bond acceptors (Lipinski definition) is 2. The Morgan fingerprint density at radius 1 is 1.50 bits per heavy atom. The van der Waals surface area contributed by atoms with E-state index in [1.165, 1.54) is 16.9 Å². The molecule has 1 N–H and O–H groups in total. The maximum absolute atomic E-state index is 5.78. The van der Waals surface area contributed by atoms with Crippen LogP contribution < -0.4 is 10.2 Å². The van der Waals surface area contributed by atoms with E-state index in [1.54, 1.807) is 0 Å². The van der Waals surface area contributed by atoms with Crippen LogP contribution in [0.2, 0.25) is 0 Å².